The number of carbonyl (C=O) groups is 1. The number of amides is 1. The Morgan fingerprint density at radius 2 is 1.83 bits per heavy atom. The van der Waals surface area contributed by atoms with E-state index in [4.69, 9.17) is 9.47 Å². The predicted octanol–water partition coefficient (Wildman–Crippen LogP) is 3.37. The number of methoxy groups -OCH3 is 2. The molecule has 24 heavy (non-hydrogen) atoms. The molecule has 0 spiro atoms. The Balaban J connectivity index is 2.05. The second-order valence-electron chi connectivity index (χ2n) is 5.15. The molecule has 7 nitrogen and oxygen atoms in total. The summed E-state index contributed by atoms with van der Waals surface area (Å²) in [4.78, 5) is 11.7. The Kier molecular flexibility index (Phi) is 6.36. The van der Waals surface area contributed by atoms with Crippen LogP contribution in [-0.2, 0) is 4.79 Å². The summed E-state index contributed by atoms with van der Waals surface area (Å²) in [6, 6.07) is 8.86. The molecule has 0 unspecified atom stereocenters. The van der Waals surface area contributed by atoms with Gasteiger partial charge in [0.1, 0.15) is 11.5 Å². The standard InChI is InChI=1S/C17H22N4O3/c1-4-5-6-17(22)19-16-10-9-15(20-21-16)18-13-11-12(23-2)7-8-14(13)24-3/h7-11H,4-6H2,1-3H3,(H,18,20)(H,19,21,22). The van der Waals surface area contributed by atoms with Gasteiger partial charge in [-0.1, -0.05) is 13.3 Å². The van der Waals surface area contributed by atoms with Crippen LogP contribution in [-0.4, -0.2) is 30.3 Å². The number of benzene rings is 1. The molecule has 7 heteroatoms. The van der Waals surface area contributed by atoms with Crippen molar-refractivity contribution in [2.24, 2.45) is 0 Å². The molecule has 2 aromatic rings. The van der Waals surface area contributed by atoms with E-state index in [0.29, 0.717) is 35.2 Å². The number of ether oxygens (including phenoxy) is 2. The lowest BCUT2D eigenvalue weighted by Crippen LogP contribution is -2.12. The molecule has 0 radical (unpaired) electrons. The van der Waals surface area contributed by atoms with Crippen molar-refractivity contribution in [3.05, 3.63) is 30.3 Å². The number of nitrogens with zero attached hydrogens (tertiary/aromatic N) is 2. The predicted molar refractivity (Wildman–Crippen MR) is 93.0 cm³/mol. The van der Waals surface area contributed by atoms with E-state index in [0.717, 1.165) is 12.8 Å². The molecule has 0 atom stereocenters. The minimum atomic E-state index is -0.0543. The van der Waals surface area contributed by atoms with Gasteiger partial charge in [-0.05, 0) is 30.7 Å². The second-order valence-corrected chi connectivity index (χ2v) is 5.15. The fourth-order valence-corrected chi connectivity index (χ4v) is 2.06. The van der Waals surface area contributed by atoms with Crippen LogP contribution >= 0.6 is 0 Å². The van der Waals surface area contributed by atoms with Crippen LogP contribution in [0, 0.1) is 0 Å². The van der Waals surface area contributed by atoms with E-state index in [1.54, 1.807) is 38.5 Å². The Hall–Kier alpha value is -2.83. The van der Waals surface area contributed by atoms with Gasteiger partial charge in [0.15, 0.2) is 11.6 Å². The molecule has 0 saturated heterocycles. The summed E-state index contributed by atoms with van der Waals surface area (Å²) in [5.74, 6) is 2.27. The first kappa shape index (κ1) is 17.5. The zero-order valence-electron chi connectivity index (χ0n) is 14.1. The van der Waals surface area contributed by atoms with Crippen LogP contribution in [0.1, 0.15) is 26.2 Å². The van der Waals surface area contributed by atoms with Crippen LogP contribution in [0.5, 0.6) is 11.5 Å². The second kappa shape index (κ2) is 8.71. The first-order chi connectivity index (χ1) is 11.7. The van der Waals surface area contributed by atoms with Crippen molar-refractivity contribution in [3.8, 4) is 11.5 Å². The monoisotopic (exact) mass is 330 g/mol. The average Bonchev–Trinajstić information content (AvgIpc) is 2.61. The molecule has 0 aliphatic rings. The smallest absolute Gasteiger partial charge is 0.225 e. The van der Waals surface area contributed by atoms with Crippen molar-refractivity contribution in [2.75, 3.05) is 24.9 Å². The van der Waals surface area contributed by atoms with E-state index in [9.17, 15) is 4.79 Å². The normalized spacial score (nSPS) is 10.1. The molecule has 0 fully saturated rings. The number of hydrogen-bond acceptors (Lipinski definition) is 6. The number of hydrogen-bond donors (Lipinski definition) is 2. The van der Waals surface area contributed by atoms with Gasteiger partial charge in [-0.25, -0.2) is 0 Å². The number of unbranched alkanes of at least 4 members (excludes halogenated alkanes) is 1. The van der Waals surface area contributed by atoms with Gasteiger partial charge in [0.05, 0.1) is 19.9 Å². The maximum Gasteiger partial charge on any atom is 0.225 e. The molecule has 1 aromatic carbocycles. The summed E-state index contributed by atoms with van der Waals surface area (Å²) >= 11 is 0. The maximum atomic E-state index is 11.7. The first-order valence-electron chi connectivity index (χ1n) is 7.79. The molecule has 0 aliphatic heterocycles. The van der Waals surface area contributed by atoms with Crippen LogP contribution < -0.4 is 20.1 Å². The summed E-state index contributed by atoms with van der Waals surface area (Å²) < 4.78 is 10.5. The van der Waals surface area contributed by atoms with E-state index in [2.05, 4.69) is 20.8 Å². The fraction of sp³-hybridized carbons (Fsp3) is 0.353. The van der Waals surface area contributed by atoms with E-state index >= 15 is 0 Å². The van der Waals surface area contributed by atoms with Crippen molar-refractivity contribution in [2.45, 2.75) is 26.2 Å². The molecule has 2 rings (SSSR count). The largest absolute Gasteiger partial charge is 0.497 e. The number of aromatic nitrogens is 2. The summed E-state index contributed by atoms with van der Waals surface area (Å²) in [7, 11) is 3.19. The van der Waals surface area contributed by atoms with Crippen molar-refractivity contribution < 1.29 is 14.3 Å². The molecule has 1 aromatic heterocycles. The highest BCUT2D eigenvalue weighted by Crippen LogP contribution is 2.30. The molecule has 0 bridgehead atoms. The van der Waals surface area contributed by atoms with Gasteiger partial charge in [-0.15, -0.1) is 10.2 Å². The Morgan fingerprint density at radius 1 is 1.08 bits per heavy atom. The van der Waals surface area contributed by atoms with E-state index in [-0.39, 0.29) is 5.91 Å². The molecule has 2 N–H and O–H groups in total. The third kappa shape index (κ3) is 4.84. The van der Waals surface area contributed by atoms with Gasteiger partial charge in [0.25, 0.3) is 0 Å². The van der Waals surface area contributed by atoms with Crippen molar-refractivity contribution in [1.82, 2.24) is 10.2 Å². The summed E-state index contributed by atoms with van der Waals surface area (Å²) in [6.07, 6.45) is 2.32. The SMILES string of the molecule is CCCCC(=O)Nc1ccc(Nc2cc(OC)ccc2OC)nn1. The van der Waals surface area contributed by atoms with Crippen LogP contribution in [0.2, 0.25) is 0 Å². The molecule has 1 amide bonds. The Labute approximate surface area is 141 Å². The highest BCUT2D eigenvalue weighted by Gasteiger charge is 2.08. The lowest BCUT2D eigenvalue weighted by Gasteiger charge is -2.12. The van der Waals surface area contributed by atoms with Crippen molar-refractivity contribution in [1.29, 1.82) is 0 Å². The highest BCUT2D eigenvalue weighted by molar-refractivity contribution is 5.89. The quantitative estimate of drug-likeness (QED) is 0.772. The lowest BCUT2D eigenvalue weighted by molar-refractivity contribution is -0.116. The third-order valence-corrected chi connectivity index (χ3v) is 3.36. The first-order valence-corrected chi connectivity index (χ1v) is 7.79. The average molecular weight is 330 g/mol. The van der Waals surface area contributed by atoms with Gasteiger partial charge in [-0.3, -0.25) is 4.79 Å². The highest BCUT2D eigenvalue weighted by atomic mass is 16.5. The molecule has 0 saturated carbocycles. The van der Waals surface area contributed by atoms with Gasteiger partial charge >= 0.3 is 0 Å². The minimum absolute atomic E-state index is 0.0543. The topological polar surface area (TPSA) is 85.4 Å². The van der Waals surface area contributed by atoms with Gasteiger partial charge in [0.2, 0.25) is 5.91 Å². The fourth-order valence-electron chi connectivity index (χ4n) is 2.06. The molecule has 1 heterocycles. The van der Waals surface area contributed by atoms with E-state index in [1.165, 1.54) is 0 Å². The number of rotatable bonds is 8. The van der Waals surface area contributed by atoms with E-state index in [1.807, 2.05) is 13.0 Å². The van der Waals surface area contributed by atoms with Crippen LogP contribution in [0.4, 0.5) is 17.3 Å². The molecule has 128 valence electrons. The Morgan fingerprint density at radius 3 is 2.46 bits per heavy atom. The summed E-state index contributed by atoms with van der Waals surface area (Å²) in [6.45, 7) is 2.04. The number of nitrogens with one attached hydrogen (secondary N) is 2. The van der Waals surface area contributed by atoms with Crippen molar-refractivity contribution in [3.63, 3.8) is 0 Å². The van der Waals surface area contributed by atoms with Gasteiger partial charge in [-0.2, -0.15) is 0 Å². The van der Waals surface area contributed by atoms with Crippen molar-refractivity contribution >= 4 is 23.2 Å². The summed E-state index contributed by atoms with van der Waals surface area (Å²) in [5, 5.41) is 13.9. The Bertz CT molecular complexity index is 674. The third-order valence-electron chi connectivity index (χ3n) is 3.36. The van der Waals surface area contributed by atoms with E-state index < -0.39 is 0 Å². The van der Waals surface area contributed by atoms with Crippen LogP contribution in [0.15, 0.2) is 30.3 Å². The van der Waals surface area contributed by atoms with Crippen LogP contribution in [0.25, 0.3) is 0 Å². The molecular formula is C17H22N4O3. The van der Waals surface area contributed by atoms with Crippen LogP contribution in [0.3, 0.4) is 0 Å². The molecule has 0 aliphatic carbocycles. The zero-order chi connectivity index (χ0) is 17.4. The van der Waals surface area contributed by atoms with Gasteiger partial charge in [0, 0.05) is 12.5 Å². The molecular weight excluding hydrogens is 308 g/mol. The van der Waals surface area contributed by atoms with Gasteiger partial charge < -0.3 is 20.1 Å². The number of carbonyl (C=O) groups excluding carboxylic acids is 1. The summed E-state index contributed by atoms with van der Waals surface area (Å²) in [5.41, 5.74) is 0.714. The lowest BCUT2D eigenvalue weighted by atomic mass is 10.2. The number of anilines is 3. The maximum absolute atomic E-state index is 11.7. The minimum Gasteiger partial charge on any atom is -0.497 e. The zero-order valence-corrected chi connectivity index (χ0v) is 14.1.